The van der Waals surface area contributed by atoms with Gasteiger partial charge in [-0.25, -0.2) is 14.5 Å². The van der Waals surface area contributed by atoms with Crippen molar-refractivity contribution in [3.63, 3.8) is 0 Å². The summed E-state index contributed by atoms with van der Waals surface area (Å²) < 4.78 is 15.5. The zero-order valence-electron chi connectivity index (χ0n) is 12.8. The first-order valence-corrected chi connectivity index (χ1v) is 6.99. The number of carbonyl (C=O) groups is 3. The minimum atomic E-state index is -1.09. The van der Waals surface area contributed by atoms with Gasteiger partial charge < -0.3 is 14.2 Å². The van der Waals surface area contributed by atoms with Crippen molar-refractivity contribution < 1.29 is 28.6 Å². The number of ether oxygens (including phenoxy) is 3. The summed E-state index contributed by atoms with van der Waals surface area (Å²) in [6.45, 7) is 5.53. The molecule has 0 radical (unpaired) electrons. The summed E-state index contributed by atoms with van der Waals surface area (Å²) in [6, 6.07) is -0.990. The molecule has 2 saturated heterocycles. The van der Waals surface area contributed by atoms with Crippen molar-refractivity contribution in [1.82, 2.24) is 4.90 Å². The van der Waals surface area contributed by atoms with E-state index in [-0.39, 0.29) is 6.42 Å². The van der Waals surface area contributed by atoms with Crippen molar-refractivity contribution >= 4 is 18.0 Å². The van der Waals surface area contributed by atoms with Crippen LogP contribution in [0.15, 0.2) is 0 Å². The lowest BCUT2D eigenvalue weighted by molar-refractivity contribution is -0.150. The molecule has 0 N–H and O–H groups in total. The van der Waals surface area contributed by atoms with Gasteiger partial charge in [0.25, 0.3) is 5.91 Å². The fourth-order valence-electron chi connectivity index (χ4n) is 2.73. The van der Waals surface area contributed by atoms with Gasteiger partial charge in [0, 0.05) is 13.0 Å². The van der Waals surface area contributed by atoms with Gasteiger partial charge in [0.05, 0.1) is 7.11 Å². The molecule has 2 heterocycles. The molecule has 0 aromatic heterocycles. The molecule has 2 atom stereocenters. The number of imide groups is 1. The standard InChI is InChI=1S/C14H21NO6/c1-13(2,3)21-12(18)15-9(10(16)19-4)8-14(11(15)17)6-5-7-20-14/h9H,5-8H2,1-4H3/t9-,14-/m0/s1. The number of hydrogen-bond donors (Lipinski definition) is 0. The number of rotatable bonds is 1. The van der Waals surface area contributed by atoms with E-state index in [1.54, 1.807) is 20.8 Å². The first-order valence-electron chi connectivity index (χ1n) is 6.99. The largest absolute Gasteiger partial charge is 0.467 e. The number of methoxy groups -OCH3 is 1. The number of carbonyl (C=O) groups excluding carboxylic acids is 3. The van der Waals surface area contributed by atoms with Crippen molar-refractivity contribution in [2.75, 3.05) is 13.7 Å². The third-order valence-electron chi connectivity index (χ3n) is 3.61. The average molecular weight is 299 g/mol. The smallest absolute Gasteiger partial charge is 0.417 e. The van der Waals surface area contributed by atoms with E-state index in [1.807, 2.05) is 0 Å². The summed E-state index contributed by atoms with van der Waals surface area (Å²) in [5.74, 6) is -1.15. The van der Waals surface area contributed by atoms with Crippen LogP contribution in [-0.4, -0.2) is 53.8 Å². The Labute approximate surface area is 123 Å². The van der Waals surface area contributed by atoms with Gasteiger partial charge in [-0.3, -0.25) is 4.79 Å². The molecule has 2 aliphatic heterocycles. The minimum Gasteiger partial charge on any atom is -0.467 e. The molecule has 0 saturated carbocycles. The zero-order chi connectivity index (χ0) is 15.8. The summed E-state index contributed by atoms with van der Waals surface area (Å²) in [6.07, 6.45) is 0.508. The number of esters is 1. The number of hydrogen-bond acceptors (Lipinski definition) is 6. The predicted octanol–water partition coefficient (Wildman–Crippen LogP) is 1.24. The second kappa shape index (κ2) is 5.29. The number of amides is 2. The van der Waals surface area contributed by atoms with Crippen LogP contribution in [0.2, 0.25) is 0 Å². The topological polar surface area (TPSA) is 82.1 Å². The molecule has 118 valence electrons. The van der Waals surface area contributed by atoms with Gasteiger partial charge >= 0.3 is 12.1 Å². The fourth-order valence-corrected chi connectivity index (χ4v) is 2.73. The van der Waals surface area contributed by atoms with Crippen LogP contribution in [0.5, 0.6) is 0 Å². The molecular formula is C14H21NO6. The lowest BCUT2D eigenvalue weighted by Crippen LogP contribution is -2.48. The molecule has 1 spiro atoms. The SMILES string of the molecule is COC(=O)[C@@H]1C[C@@]2(CCCO2)C(=O)N1C(=O)OC(C)(C)C. The molecule has 2 amide bonds. The van der Waals surface area contributed by atoms with Gasteiger partial charge in [-0.1, -0.05) is 0 Å². The quantitative estimate of drug-likeness (QED) is 0.678. The molecule has 2 fully saturated rings. The number of likely N-dealkylation sites (tertiary alicyclic amines) is 1. The molecule has 0 aromatic rings. The second-order valence-corrected chi connectivity index (χ2v) is 6.34. The predicted molar refractivity (Wildman–Crippen MR) is 71.4 cm³/mol. The lowest BCUT2D eigenvalue weighted by atomic mass is 9.96. The van der Waals surface area contributed by atoms with E-state index < -0.39 is 35.2 Å². The summed E-state index contributed by atoms with van der Waals surface area (Å²) in [7, 11) is 1.22. The number of nitrogens with zero attached hydrogens (tertiary/aromatic N) is 1. The molecule has 2 aliphatic rings. The molecular weight excluding hydrogens is 278 g/mol. The van der Waals surface area contributed by atoms with E-state index in [0.29, 0.717) is 13.0 Å². The maximum Gasteiger partial charge on any atom is 0.417 e. The molecule has 21 heavy (non-hydrogen) atoms. The normalized spacial score (nSPS) is 29.0. The van der Waals surface area contributed by atoms with Crippen LogP contribution in [0.25, 0.3) is 0 Å². The van der Waals surface area contributed by atoms with Gasteiger partial charge in [-0.15, -0.1) is 0 Å². The van der Waals surface area contributed by atoms with Gasteiger partial charge in [-0.05, 0) is 33.6 Å². The summed E-state index contributed by atoms with van der Waals surface area (Å²) >= 11 is 0. The highest BCUT2D eigenvalue weighted by Gasteiger charge is 2.59. The highest BCUT2D eigenvalue weighted by Crippen LogP contribution is 2.40. The molecule has 2 rings (SSSR count). The lowest BCUT2D eigenvalue weighted by Gasteiger charge is -2.26. The Balaban J connectivity index is 2.28. The van der Waals surface area contributed by atoms with E-state index in [1.165, 1.54) is 7.11 Å². The Morgan fingerprint density at radius 3 is 2.52 bits per heavy atom. The summed E-state index contributed by atoms with van der Waals surface area (Å²) in [5, 5.41) is 0. The third kappa shape index (κ3) is 2.88. The average Bonchev–Trinajstić information content (AvgIpc) is 2.94. The van der Waals surface area contributed by atoms with Gasteiger partial charge in [-0.2, -0.15) is 0 Å². The van der Waals surface area contributed by atoms with Crippen LogP contribution in [-0.2, 0) is 23.8 Å². The van der Waals surface area contributed by atoms with Crippen LogP contribution >= 0.6 is 0 Å². The monoisotopic (exact) mass is 299 g/mol. The van der Waals surface area contributed by atoms with Crippen molar-refractivity contribution in [2.24, 2.45) is 0 Å². The van der Waals surface area contributed by atoms with E-state index in [0.717, 1.165) is 11.3 Å². The Hall–Kier alpha value is -1.63. The summed E-state index contributed by atoms with van der Waals surface area (Å²) in [5.41, 5.74) is -1.85. The van der Waals surface area contributed by atoms with E-state index in [4.69, 9.17) is 14.2 Å². The van der Waals surface area contributed by atoms with Crippen LogP contribution in [0.3, 0.4) is 0 Å². The maximum absolute atomic E-state index is 12.6. The molecule has 0 unspecified atom stereocenters. The maximum atomic E-state index is 12.6. The molecule has 0 aliphatic carbocycles. The van der Waals surface area contributed by atoms with Crippen molar-refractivity contribution in [3.8, 4) is 0 Å². The first-order chi connectivity index (χ1) is 9.70. The Bertz CT molecular complexity index is 461. The zero-order valence-corrected chi connectivity index (χ0v) is 12.8. The molecule has 0 aromatic carbocycles. The van der Waals surface area contributed by atoms with E-state index >= 15 is 0 Å². The summed E-state index contributed by atoms with van der Waals surface area (Å²) in [4.78, 5) is 37.6. The Morgan fingerprint density at radius 1 is 1.38 bits per heavy atom. The van der Waals surface area contributed by atoms with Gasteiger partial charge in [0.1, 0.15) is 17.2 Å². The second-order valence-electron chi connectivity index (χ2n) is 6.34. The van der Waals surface area contributed by atoms with Gasteiger partial charge in [0.15, 0.2) is 0 Å². The fraction of sp³-hybridized carbons (Fsp3) is 0.786. The minimum absolute atomic E-state index is 0.123. The van der Waals surface area contributed by atoms with Crippen molar-refractivity contribution in [3.05, 3.63) is 0 Å². The van der Waals surface area contributed by atoms with Crippen LogP contribution < -0.4 is 0 Å². The Morgan fingerprint density at radius 2 is 2.05 bits per heavy atom. The van der Waals surface area contributed by atoms with E-state index in [9.17, 15) is 14.4 Å². The van der Waals surface area contributed by atoms with Crippen LogP contribution in [0.4, 0.5) is 4.79 Å². The highest BCUT2D eigenvalue weighted by molar-refractivity contribution is 6.04. The Kier molecular flexibility index (Phi) is 3.97. The van der Waals surface area contributed by atoms with Crippen molar-refractivity contribution in [1.29, 1.82) is 0 Å². The highest BCUT2D eigenvalue weighted by atomic mass is 16.6. The molecule has 7 heteroatoms. The third-order valence-corrected chi connectivity index (χ3v) is 3.61. The van der Waals surface area contributed by atoms with Crippen molar-refractivity contribution in [2.45, 2.75) is 57.3 Å². The molecule has 0 bridgehead atoms. The molecule has 7 nitrogen and oxygen atoms in total. The van der Waals surface area contributed by atoms with Gasteiger partial charge in [0.2, 0.25) is 0 Å². The van der Waals surface area contributed by atoms with Crippen LogP contribution in [0, 0.1) is 0 Å². The first kappa shape index (κ1) is 15.8. The van der Waals surface area contributed by atoms with Crippen LogP contribution in [0.1, 0.15) is 40.0 Å². The van der Waals surface area contributed by atoms with E-state index in [2.05, 4.69) is 0 Å².